The van der Waals surface area contributed by atoms with E-state index in [1.807, 2.05) is 0 Å². The van der Waals surface area contributed by atoms with Crippen LogP contribution < -0.4 is 9.88 Å². The molecule has 2 heterocycles. The molecular weight excluding hydrogens is 294 g/mol. The number of anilines is 1. The van der Waals surface area contributed by atoms with Crippen LogP contribution in [-0.2, 0) is 17.6 Å². The molecule has 1 saturated heterocycles. The molecule has 0 saturated carbocycles. The zero-order valence-corrected chi connectivity index (χ0v) is 14.3. The van der Waals surface area contributed by atoms with E-state index in [1.54, 1.807) is 11.8 Å². The lowest BCUT2D eigenvalue weighted by Gasteiger charge is -2.27. The molecule has 0 atom stereocenters. The summed E-state index contributed by atoms with van der Waals surface area (Å²) >= 11 is 1.76. The van der Waals surface area contributed by atoms with Gasteiger partial charge in [-0.15, -0.1) is 0 Å². The molecule has 1 aliphatic heterocycles. The molecule has 0 amide bonds. The Morgan fingerprint density at radius 1 is 1.18 bits per heavy atom. The highest BCUT2D eigenvalue weighted by Crippen LogP contribution is 2.34. The maximum Gasteiger partial charge on any atom is 0.278 e. The SMILES string of the molecule is CC(C)Sc1[nH+]c(N2CCOCC2)c2c(c1C#N)CCCC2. The average molecular weight is 318 g/mol. The van der Waals surface area contributed by atoms with Gasteiger partial charge in [-0.1, -0.05) is 25.6 Å². The maximum absolute atomic E-state index is 9.67. The lowest BCUT2D eigenvalue weighted by atomic mass is 9.89. The number of aromatic nitrogens is 1. The van der Waals surface area contributed by atoms with Crippen LogP contribution in [0.15, 0.2) is 5.03 Å². The Hall–Kier alpha value is -1.25. The van der Waals surface area contributed by atoms with E-state index in [0.717, 1.165) is 49.7 Å². The fraction of sp³-hybridized carbons (Fsp3) is 0.647. The summed E-state index contributed by atoms with van der Waals surface area (Å²) in [5.41, 5.74) is 3.54. The van der Waals surface area contributed by atoms with Crippen LogP contribution in [0.25, 0.3) is 0 Å². The third-order valence-corrected chi connectivity index (χ3v) is 5.32. The number of rotatable bonds is 3. The number of aromatic amines is 1. The van der Waals surface area contributed by atoms with Crippen molar-refractivity contribution in [3.05, 3.63) is 16.7 Å². The molecule has 1 N–H and O–H groups in total. The van der Waals surface area contributed by atoms with Gasteiger partial charge in [-0.05, 0) is 31.2 Å². The summed E-state index contributed by atoms with van der Waals surface area (Å²) in [4.78, 5) is 6.01. The third kappa shape index (κ3) is 3.09. The number of nitrogens with zero attached hydrogens (tertiary/aromatic N) is 2. The molecule has 0 radical (unpaired) electrons. The average Bonchev–Trinajstić information content (AvgIpc) is 2.54. The largest absolute Gasteiger partial charge is 0.373 e. The summed E-state index contributed by atoms with van der Waals surface area (Å²) in [5.74, 6) is 1.24. The summed E-state index contributed by atoms with van der Waals surface area (Å²) < 4.78 is 5.49. The van der Waals surface area contributed by atoms with E-state index in [0.29, 0.717) is 5.25 Å². The zero-order chi connectivity index (χ0) is 15.5. The standard InChI is InChI=1S/C17H23N3OS/c1-12(2)22-17-15(11-18)13-5-3-4-6-14(13)16(19-17)20-7-9-21-10-8-20/h12H,3-10H2,1-2H3/p+1. The highest BCUT2D eigenvalue weighted by molar-refractivity contribution is 7.99. The molecule has 22 heavy (non-hydrogen) atoms. The van der Waals surface area contributed by atoms with Crippen molar-refractivity contribution in [3.63, 3.8) is 0 Å². The van der Waals surface area contributed by atoms with Crippen LogP contribution in [0, 0.1) is 11.3 Å². The minimum Gasteiger partial charge on any atom is -0.373 e. The molecular formula is C17H24N3OS+. The first-order chi connectivity index (χ1) is 10.7. The minimum atomic E-state index is 0.461. The van der Waals surface area contributed by atoms with E-state index in [1.165, 1.54) is 29.8 Å². The van der Waals surface area contributed by atoms with Crippen LogP contribution in [0.4, 0.5) is 5.82 Å². The summed E-state index contributed by atoms with van der Waals surface area (Å²) in [6, 6.07) is 2.46. The number of nitrogens with one attached hydrogen (secondary N) is 1. The maximum atomic E-state index is 9.67. The Balaban J connectivity index is 2.09. The van der Waals surface area contributed by atoms with Gasteiger partial charge in [0.25, 0.3) is 5.82 Å². The van der Waals surface area contributed by atoms with Gasteiger partial charge in [0.2, 0.25) is 0 Å². The summed E-state index contributed by atoms with van der Waals surface area (Å²) in [5, 5.41) is 11.2. The topological polar surface area (TPSA) is 50.4 Å². The molecule has 4 nitrogen and oxygen atoms in total. The molecule has 1 aromatic rings. The molecule has 118 valence electrons. The zero-order valence-electron chi connectivity index (χ0n) is 13.4. The first-order valence-electron chi connectivity index (χ1n) is 8.21. The predicted octanol–water partition coefficient (Wildman–Crippen LogP) is 2.59. The number of nitriles is 1. The number of hydrogen-bond donors (Lipinski definition) is 0. The van der Waals surface area contributed by atoms with Crippen LogP contribution in [0.3, 0.4) is 0 Å². The van der Waals surface area contributed by atoms with Crippen molar-refractivity contribution >= 4 is 17.6 Å². The molecule has 5 heteroatoms. The highest BCUT2D eigenvalue weighted by Gasteiger charge is 2.30. The van der Waals surface area contributed by atoms with E-state index >= 15 is 0 Å². The Kier molecular flexibility index (Phi) is 4.90. The Labute approximate surface area is 136 Å². The van der Waals surface area contributed by atoms with Gasteiger partial charge < -0.3 is 4.74 Å². The lowest BCUT2D eigenvalue weighted by molar-refractivity contribution is -0.414. The van der Waals surface area contributed by atoms with Crippen LogP contribution in [-0.4, -0.2) is 31.6 Å². The van der Waals surface area contributed by atoms with Crippen molar-refractivity contribution in [2.24, 2.45) is 0 Å². The summed E-state index contributed by atoms with van der Waals surface area (Å²) in [7, 11) is 0. The number of fused-ring (bicyclic) bond motifs is 1. The van der Waals surface area contributed by atoms with Gasteiger partial charge in [0, 0.05) is 10.8 Å². The highest BCUT2D eigenvalue weighted by atomic mass is 32.2. The van der Waals surface area contributed by atoms with Gasteiger partial charge >= 0.3 is 0 Å². The summed E-state index contributed by atoms with van der Waals surface area (Å²) in [6.45, 7) is 7.78. The first-order valence-corrected chi connectivity index (χ1v) is 9.09. The quantitative estimate of drug-likeness (QED) is 0.804. The van der Waals surface area contributed by atoms with E-state index in [-0.39, 0.29) is 0 Å². The second kappa shape index (κ2) is 6.89. The van der Waals surface area contributed by atoms with Crippen LogP contribution in [0.1, 0.15) is 43.4 Å². The summed E-state index contributed by atoms with van der Waals surface area (Å²) in [6.07, 6.45) is 4.54. The number of thioether (sulfide) groups is 1. The Bertz CT molecular complexity index is 589. The normalized spacial score (nSPS) is 18.2. The van der Waals surface area contributed by atoms with E-state index < -0.39 is 0 Å². The van der Waals surface area contributed by atoms with Crippen LogP contribution in [0.5, 0.6) is 0 Å². The molecule has 2 aliphatic rings. The fourth-order valence-electron chi connectivity index (χ4n) is 3.32. The van der Waals surface area contributed by atoms with Gasteiger partial charge in [-0.2, -0.15) is 5.26 Å². The number of ether oxygens (including phenoxy) is 1. The lowest BCUT2D eigenvalue weighted by Crippen LogP contribution is -2.41. The van der Waals surface area contributed by atoms with E-state index in [9.17, 15) is 5.26 Å². The third-order valence-electron chi connectivity index (χ3n) is 4.31. The van der Waals surface area contributed by atoms with Gasteiger partial charge in [-0.25, -0.2) is 4.98 Å². The Morgan fingerprint density at radius 3 is 2.50 bits per heavy atom. The molecule has 0 aromatic carbocycles. The number of morpholine rings is 1. The number of H-pyrrole nitrogens is 1. The smallest absolute Gasteiger partial charge is 0.278 e. The molecule has 1 fully saturated rings. The van der Waals surface area contributed by atoms with Crippen LogP contribution >= 0.6 is 11.8 Å². The second-order valence-corrected chi connectivity index (χ2v) is 7.81. The second-order valence-electron chi connectivity index (χ2n) is 6.22. The number of hydrogen-bond acceptors (Lipinski definition) is 4. The van der Waals surface area contributed by atoms with Gasteiger partial charge in [-0.3, -0.25) is 4.90 Å². The van der Waals surface area contributed by atoms with Crippen LogP contribution in [0.2, 0.25) is 0 Å². The van der Waals surface area contributed by atoms with Gasteiger partial charge in [0.15, 0.2) is 5.03 Å². The van der Waals surface area contributed by atoms with Crippen molar-refractivity contribution < 1.29 is 9.72 Å². The fourth-order valence-corrected chi connectivity index (χ4v) is 4.24. The van der Waals surface area contributed by atoms with Crippen molar-refractivity contribution in [1.82, 2.24) is 0 Å². The van der Waals surface area contributed by atoms with E-state index in [2.05, 4.69) is 29.8 Å². The Morgan fingerprint density at radius 2 is 1.86 bits per heavy atom. The van der Waals surface area contributed by atoms with Crippen molar-refractivity contribution in [2.75, 3.05) is 31.2 Å². The van der Waals surface area contributed by atoms with Gasteiger partial charge in [0.05, 0.1) is 13.2 Å². The van der Waals surface area contributed by atoms with Crippen molar-refractivity contribution in [1.29, 1.82) is 5.26 Å². The molecule has 0 spiro atoms. The first kappa shape index (κ1) is 15.6. The monoisotopic (exact) mass is 318 g/mol. The number of pyridine rings is 1. The van der Waals surface area contributed by atoms with Gasteiger partial charge in [0.1, 0.15) is 24.7 Å². The molecule has 1 aromatic heterocycles. The predicted molar refractivity (Wildman–Crippen MR) is 88.4 cm³/mol. The van der Waals surface area contributed by atoms with Crippen molar-refractivity contribution in [3.8, 4) is 6.07 Å². The molecule has 1 aliphatic carbocycles. The molecule has 0 unspecified atom stereocenters. The molecule has 3 rings (SSSR count). The van der Waals surface area contributed by atoms with Crippen molar-refractivity contribution in [2.45, 2.75) is 49.8 Å². The molecule has 0 bridgehead atoms. The van der Waals surface area contributed by atoms with E-state index in [4.69, 9.17) is 4.74 Å². The minimum absolute atomic E-state index is 0.461.